The van der Waals surface area contributed by atoms with E-state index in [4.69, 9.17) is 4.74 Å². The SMILES string of the molecule is CCOC(=O)CNC(=O)c1cccc(NC(=O)c2ccccc2-c2ccc(C(F)(F)F)cc2)c1. The van der Waals surface area contributed by atoms with E-state index in [2.05, 4.69) is 10.6 Å². The van der Waals surface area contributed by atoms with Crippen molar-refractivity contribution in [1.29, 1.82) is 0 Å². The summed E-state index contributed by atoms with van der Waals surface area (Å²) in [4.78, 5) is 36.7. The van der Waals surface area contributed by atoms with E-state index in [-0.39, 0.29) is 24.3 Å². The molecule has 0 heterocycles. The Balaban J connectivity index is 1.76. The van der Waals surface area contributed by atoms with Gasteiger partial charge in [-0.3, -0.25) is 14.4 Å². The molecule has 34 heavy (non-hydrogen) atoms. The Morgan fingerprint density at radius 2 is 1.59 bits per heavy atom. The van der Waals surface area contributed by atoms with Crippen molar-refractivity contribution in [2.75, 3.05) is 18.5 Å². The lowest BCUT2D eigenvalue weighted by molar-refractivity contribution is -0.142. The molecule has 0 aromatic heterocycles. The molecule has 6 nitrogen and oxygen atoms in total. The first-order valence-corrected chi connectivity index (χ1v) is 10.3. The van der Waals surface area contributed by atoms with Gasteiger partial charge in [-0.1, -0.05) is 36.4 Å². The predicted octanol–water partition coefficient (Wildman–Crippen LogP) is 4.92. The van der Waals surface area contributed by atoms with Gasteiger partial charge in [0.1, 0.15) is 6.54 Å². The molecule has 2 N–H and O–H groups in total. The van der Waals surface area contributed by atoms with Gasteiger partial charge in [-0.2, -0.15) is 13.2 Å². The van der Waals surface area contributed by atoms with E-state index in [1.54, 1.807) is 43.3 Å². The molecular weight excluding hydrogens is 449 g/mol. The van der Waals surface area contributed by atoms with Crippen LogP contribution in [0.4, 0.5) is 18.9 Å². The first kappa shape index (κ1) is 24.5. The number of esters is 1. The lowest BCUT2D eigenvalue weighted by atomic mass is 9.98. The third kappa shape index (κ3) is 6.22. The van der Waals surface area contributed by atoms with Crippen LogP contribution in [-0.2, 0) is 15.7 Å². The molecule has 0 saturated carbocycles. The Morgan fingerprint density at radius 3 is 2.26 bits per heavy atom. The average Bonchev–Trinajstić information content (AvgIpc) is 2.82. The van der Waals surface area contributed by atoms with Gasteiger partial charge in [-0.05, 0) is 54.4 Å². The zero-order valence-corrected chi connectivity index (χ0v) is 18.1. The maximum absolute atomic E-state index is 12.9. The van der Waals surface area contributed by atoms with E-state index in [0.717, 1.165) is 12.1 Å². The fourth-order valence-corrected chi connectivity index (χ4v) is 3.17. The van der Waals surface area contributed by atoms with Crippen LogP contribution in [0.15, 0.2) is 72.8 Å². The molecule has 0 saturated heterocycles. The van der Waals surface area contributed by atoms with E-state index in [9.17, 15) is 27.6 Å². The first-order chi connectivity index (χ1) is 16.2. The highest BCUT2D eigenvalue weighted by molar-refractivity contribution is 6.09. The molecule has 0 fully saturated rings. The third-order valence-corrected chi connectivity index (χ3v) is 4.78. The van der Waals surface area contributed by atoms with Crippen molar-refractivity contribution < 1.29 is 32.3 Å². The van der Waals surface area contributed by atoms with Crippen LogP contribution in [0.3, 0.4) is 0 Å². The smallest absolute Gasteiger partial charge is 0.416 e. The van der Waals surface area contributed by atoms with Crippen molar-refractivity contribution in [1.82, 2.24) is 5.32 Å². The molecule has 3 rings (SSSR count). The lowest BCUT2D eigenvalue weighted by Gasteiger charge is -2.12. The van der Waals surface area contributed by atoms with Gasteiger partial charge >= 0.3 is 12.1 Å². The zero-order chi connectivity index (χ0) is 24.7. The largest absolute Gasteiger partial charge is 0.465 e. The quantitative estimate of drug-likeness (QED) is 0.480. The van der Waals surface area contributed by atoms with E-state index < -0.39 is 29.5 Å². The minimum atomic E-state index is -4.46. The molecule has 3 aromatic rings. The number of rotatable bonds is 7. The number of benzene rings is 3. The highest BCUT2D eigenvalue weighted by Crippen LogP contribution is 2.32. The summed E-state index contributed by atoms with van der Waals surface area (Å²) in [7, 11) is 0. The fourth-order valence-electron chi connectivity index (χ4n) is 3.17. The van der Waals surface area contributed by atoms with Crippen LogP contribution in [0.5, 0.6) is 0 Å². The number of carbonyl (C=O) groups excluding carboxylic acids is 3. The fraction of sp³-hybridized carbons (Fsp3) is 0.160. The predicted molar refractivity (Wildman–Crippen MR) is 120 cm³/mol. The average molecular weight is 470 g/mol. The van der Waals surface area contributed by atoms with Gasteiger partial charge in [0.2, 0.25) is 0 Å². The second-order valence-electron chi connectivity index (χ2n) is 7.14. The summed E-state index contributed by atoms with van der Waals surface area (Å²) >= 11 is 0. The molecule has 0 unspecified atom stereocenters. The van der Waals surface area contributed by atoms with Crippen molar-refractivity contribution in [2.45, 2.75) is 13.1 Å². The molecule has 0 aliphatic heterocycles. The second kappa shape index (κ2) is 10.7. The van der Waals surface area contributed by atoms with Gasteiger partial charge in [-0.25, -0.2) is 0 Å². The number of ether oxygens (including phenoxy) is 1. The number of amides is 2. The molecule has 3 aromatic carbocycles. The highest BCUT2D eigenvalue weighted by Gasteiger charge is 2.30. The summed E-state index contributed by atoms with van der Waals surface area (Å²) in [5, 5.41) is 5.13. The molecule has 0 aliphatic carbocycles. The van der Waals surface area contributed by atoms with Crippen LogP contribution in [0.2, 0.25) is 0 Å². The normalized spacial score (nSPS) is 10.9. The van der Waals surface area contributed by atoms with Crippen molar-refractivity contribution in [3.05, 3.63) is 89.5 Å². The van der Waals surface area contributed by atoms with Crippen molar-refractivity contribution in [3.63, 3.8) is 0 Å². The first-order valence-electron chi connectivity index (χ1n) is 10.3. The van der Waals surface area contributed by atoms with E-state index in [1.807, 2.05) is 0 Å². The summed E-state index contributed by atoms with van der Waals surface area (Å²) in [5.41, 5.74) is 0.924. The van der Waals surface area contributed by atoms with Crippen LogP contribution in [-0.4, -0.2) is 30.9 Å². The van der Waals surface area contributed by atoms with Gasteiger partial charge in [0.15, 0.2) is 0 Å². The number of halogens is 3. The maximum Gasteiger partial charge on any atom is 0.416 e. The standard InChI is InChI=1S/C25H21F3N2O4/c1-2-34-22(31)15-29-23(32)17-6-5-7-19(14-17)30-24(33)21-9-4-3-8-20(21)16-10-12-18(13-11-16)25(26,27)28/h3-14H,2,15H2,1H3,(H,29,32)(H,30,33). The number of hydrogen-bond acceptors (Lipinski definition) is 4. The Bertz CT molecular complexity index is 1190. The maximum atomic E-state index is 12.9. The summed E-state index contributed by atoms with van der Waals surface area (Å²) in [6.07, 6.45) is -4.46. The summed E-state index contributed by atoms with van der Waals surface area (Å²) < 4.78 is 43.4. The molecule has 9 heteroatoms. The Kier molecular flexibility index (Phi) is 7.68. The number of alkyl halides is 3. The second-order valence-corrected chi connectivity index (χ2v) is 7.14. The van der Waals surface area contributed by atoms with Crippen LogP contribution < -0.4 is 10.6 Å². The number of nitrogens with one attached hydrogen (secondary N) is 2. The van der Waals surface area contributed by atoms with Crippen molar-refractivity contribution in [2.24, 2.45) is 0 Å². The van der Waals surface area contributed by atoms with E-state index in [0.29, 0.717) is 16.8 Å². The number of anilines is 1. The van der Waals surface area contributed by atoms with Gasteiger partial charge in [0.05, 0.1) is 12.2 Å². The number of carbonyl (C=O) groups is 3. The number of hydrogen-bond donors (Lipinski definition) is 2. The van der Waals surface area contributed by atoms with Crippen molar-refractivity contribution in [3.8, 4) is 11.1 Å². The molecule has 0 aliphatic rings. The van der Waals surface area contributed by atoms with Crippen LogP contribution in [0, 0.1) is 0 Å². The highest BCUT2D eigenvalue weighted by atomic mass is 19.4. The molecule has 0 radical (unpaired) electrons. The molecular formula is C25H21F3N2O4. The van der Waals surface area contributed by atoms with Crippen LogP contribution in [0.1, 0.15) is 33.2 Å². The summed E-state index contributed by atoms with van der Waals surface area (Å²) in [5.74, 6) is -1.59. The summed E-state index contributed by atoms with van der Waals surface area (Å²) in [6, 6.07) is 17.2. The molecule has 0 spiro atoms. The molecule has 0 bridgehead atoms. The topological polar surface area (TPSA) is 84.5 Å². The summed E-state index contributed by atoms with van der Waals surface area (Å²) in [6.45, 7) is 1.57. The van der Waals surface area contributed by atoms with E-state index in [1.165, 1.54) is 24.3 Å². The van der Waals surface area contributed by atoms with Gasteiger partial charge in [0, 0.05) is 16.8 Å². The molecule has 176 valence electrons. The molecule has 2 amide bonds. The van der Waals surface area contributed by atoms with Gasteiger partial charge in [-0.15, -0.1) is 0 Å². The lowest BCUT2D eigenvalue weighted by Crippen LogP contribution is -2.30. The van der Waals surface area contributed by atoms with Crippen molar-refractivity contribution >= 4 is 23.5 Å². The molecule has 0 atom stereocenters. The third-order valence-electron chi connectivity index (χ3n) is 4.78. The zero-order valence-electron chi connectivity index (χ0n) is 18.1. The van der Waals surface area contributed by atoms with Crippen LogP contribution >= 0.6 is 0 Å². The Labute approximate surface area is 193 Å². The minimum Gasteiger partial charge on any atom is -0.465 e. The minimum absolute atomic E-state index is 0.199. The van der Waals surface area contributed by atoms with E-state index >= 15 is 0 Å². The Hall–Kier alpha value is -4.14. The van der Waals surface area contributed by atoms with Crippen LogP contribution in [0.25, 0.3) is 11.1 Å². The monoisotopic (exact) mass is 470 g/mol. The van der Waals surface area contributed by atoms with Gasteiger partial charge < -0.3 is 15.4 Å². The Morgan fingerprint density at radius 1 is 0.882 bits per heavy atom. The van der Waals surface area contributed by atoms with Gasteiger partial charge in [0.25, 0.3) is 11.8 Å².